The van der Waals surface area contributed by atoms with E-state index in [0.717, 1.165) is 11.4 Å². The molecule has 0 unspecified atom stereocenters. The molecule has 31 heavy (non-hydrogen) atoms. The Kier molecular flexibility index (Phi) is 4.01. The molecule has 0 fully saturated rings. The summed E-state index contributed by atoms with van der Waals surface area (Å²) >= 11 is 6.46. The molecular formula is C30H25Cl. The van der Waals surface area contributed by atoms with Crippen LogP contribution in [-0.4, -0.2) is 0 Å². The fraction of sp³-hybridized carbons (Fsp3) is 0.200. The van der Waals surface area contributed by atoms with Gasteiger partial charge in [0.2, 0.25) is 0 Å². The van der Waals surface area contributed by atoms with Gasteiger partial charge >= 0.3 is 0 Å². The first kappa shape index (κ1) is 18.9. The molecule has 2 aliphatic rings. The van der Waals surface area contributed by atoms with E-state index in [1.54, 1.807) is 0 Å². The maximum absolute atomic E-state index is 6.46. The third-order valence-corrected chi connectivity index (χ3v) is 7.62. The Morgan fingerprint density at radius 2 is 1.48 bits per heavy atom. The highest BCUT2D eigenvalue weighted by Gasteiger charge is 2.40. The summed E-state index contributed by atoms with van der Waals surface area (Å²) in [4.78, 5) is 0. The summed E-state index contributed by atoms with van der Waals surface area (Å²) in [6.45, 7) is 7.04. The molecule has 0 bridgehead atoms. The van der Waals surface area contributed by atoms with E-state index in [1.807, 2.05) is 6.07 Å². The van der Waals surface area contributed by atoms with Gasteiger partial charge in [-0.3, -0.25) is 0 Å². The van der Waals surface area contributed by atoms with E-state index in [0.29, 0.717) is 5.92 Å². The Hall–Kier alpha value is -2.83. The lowest BCUT2D eigenvalue weighted by molar-refractivity contribution is 0.660. The highest BCUT2D eigenvalue weighted by molar-refractivity contribution is 6.30. The predicted molar refractivity (Wildman–Crippen MR) is 132 cm³/mol. The van der Waals surface area contributed by atoms with Gasteiger partial charge in [0.1, 0.15) is 0 Å². The molecular weight excluding hydrogens is 396 g/mol. The Morgan fingerprint density at radius 3 is 2.29 bits per heavy atom. The van der Waals surface area contributed by atoms with Crippen molar-refractivity contribution in [1.29, 1.82) is 0 Å². The Morgan fingerprint density at radius 1 is 0.742 bits per heavy atom. The average molecular weight is 421 g/mol. The average Bonchev–Trinajstić information content (AvgIpc) is 3.00. The fourth-order valence-electron chi connectivity index (χ4n) is 5.85. The summed E-state index contributed by atoms with van der Waals surface area (Å²) < 4.78 is 0. The SMILES string of the molecule is C[C@H]1Cc2c(-c3ccccc3)cc3c(c2-c2ccccc21)-c1ccc(Cl)cc1C3(C)C. The maximum atomic E-state index is 6.46. The number of benzene rings is 4. The quantitative estimate of drug-likeness (QED) is 0.289. The largest absolute Gasteiger partial charge is 0.0843 e. The van der Waals surface area contributed by atoms with Crippen molar-refractivity contribution in [2.75, 3.05) is 0 Å². The van der Waals surface area contributed by atoms with Crippen molar-refractivity contribution in [2.24, 2.45) is 0 Å². The molecule has 0 aliphatic heterocycles. The molecule has 0 N–H and O–H groups in total. The first-order valence-corrected chi connectivity index (χ1v) is 11.5. The second-order valence-corrected chi connectivity index (χ2v) is 10.0. The number of rotatable bonds is 1. The molecule has 0 radical (unpaired) electrons. The minimum atomic E-state index is -0.0911. The lowest BCUT2D eigenvalue weighted by atomic mass is 9.72. The smallest absolute Gasteiger partial charge is 0.0409 e. The van der Waals surface area contributed by atoms with Crippen LogP contribution >= 0.6 is 11.6 Å². The molecule has 4 aromatic rings. The van der Waals surface area contributed by atoms with Crippen molar-refractivity contribution >= 4 is 11.6 Å². The molecule has 0 aromatic heterocycles. The highest BCUT2D eigenvalue weighted by Crippen LogP contribution is 2.57. The lowest BCUT2D eigenvalue weighted by Gasteiger charge is -2.31. The number of fused-ring (bicyclic) bond motifs is 7. The normalized spacial score (nSPS) is 17.5. The van der Waals surface area contributed by atoms with Crippen LogP contribution in [0.15, 0.2) is 78.9 Å². The molecule has 0 heterocycles. The highest BCUT2D eigenvalue weighted by atomic mass is 35.5. The van der Waals surface area contributed by atoms with Gasteiger partial charge in [0.05, 0.1) is 0 Å². The number of hydrogen-bond acceptors (Lipinski definition) is 0. The van der Waals surface area contributed by atoms with Gasteiger partial charge in [-0.05, 0) is 86.2 Å². The van der Waals surface area contributed by atoms with Crippen LogP contribution < -0.4 is 0 Å². The van der Waals surface area contributed by atoms with Crippen molar-refractivity contribution in [3.05, 3.63) is 106 Å². The van der Waals surface area contributed by atoms with Crippen LogP contribution in [0, 0.1) is 0 Å². The van der Waals surface area contributed by atoms with E-state index in [1.165, 1.54) is 55.6 Å². The van der Waals surface area contributed by atoms with E-state index >= 15 is 0 Å². The Balaban J connectivity index is 1.79. The topological polar surface area (TPSA) is 0 Å². The minimum absolute atomic E-state index is 0.0911. The summed E-state index contributed by atoms with van der Waals surface area (Å²) in [5.74, 6) is 0.503. The van der Waals surface area contributed by atoms with Crippen LogP contribution in [0.5, 0.6) is 0 Å². The third-order valence-electron chi connectivity index (χ3n) is 7.39. The molecule has 0 saturated heterocycles. The van der Waals surface area contributed by atoms with E-state index in [2.05, 4.69) is 93.6 Å². The predicted octanol–water partition coefficient (Wildman–Crippen LogP) is 8.64. The van der Waals surface area contributed by atoms with Gasteiger partial charge in [-0.1, -0.05) is 93.0 Å². The second-order valence-electron chi connectivity index (χ2n) is 9.57. The Bertz CT molecular complexity index is 1340. The van der Waals surface area contributed by atoms with Gasteiger partial charge in [-0.2, -0.15) is 0 Å². The van der Waals surface area contributed by atoms with E-state index in [-0.39, 0.29) is 5.41 Å². The fourth-order valence-corrected chi connectivity index (χ4v) is 6.02. The van der Waals surface area contributed by atoms with Gasteiger partial charge in [0.15, 0.2) is 0 Å². The zero-order valence-corrected chi connectivity index (χ0v) is 18.9. The standard InChI is InChI=1S/C30H25Cl/c1-18-15-25-24(19-9-5-4-6-10-19)17-27-29(28(25)22-12-8-7-11-21(18)22)23-14-13-20(31)16-26(23)30(27,2)3/h4-14,16-18H,15H2,1-3H3/t18-/m0/s1. The Labute approximate surface area is 189 Å². The van der Waals surface area contributed by atoms with Crippen molar-refractivity contribution < 1.29 is 0 Å². The zero-order valence-electron chi connectivity index (χ0n) is 18.2. The van der Waals surface area contributed by atoms with Crippen molar-refractivity contribution in [3.63, 3.8) is 0 Å². The molecule has 2 aliphatic carbocycles. The monoisotopic (exact) mass is 420 g/mol. The number of hydrogen-bond donors (Lipinski definition) is 0. The second kappa shape index (κ2) is 6.58. The minimum Gasteiger partial charge on any atom is -0.0843 e. The molecule has 1 heteroatoms. The third kappa shape index (κ3) is 2.61. The molecule has 0 amide bonds. The van der Waals surface area contributed by atoms with Crippen LogP contribution in [-0.2, 0) is 11.8 Å². The summed E-state index contributed by atoms with van der Waals surface area (Å²) in [5, 5.41) is 0.811. The zero-order chi connectivity index (χ0) is 21.3. The molecule has 4 aromatic carbocycles. The van der Waals surface area contributed by atoms with Gasteiger partial charge < -0.3 is 0 Å². The summed E-state index contributed by atoms with van der Waals surface area (Å²) in [6.07, 6.45) is 1.06. The summed E-state index contributed by atoms with van der Waals surface area (Å²) in [7, 11) is 0. The van der Waals surface area contributed by atoms with Crippen LogP contribution in [0.1, 0.15) is 48.9 Å². The molecule has 0 saturated carbocycles. The van der Waals surface area contributed by atoms with Gasteiger partial charge in [-0.15, -0.1) is 0 Å². The number of halogens is 1. The molecule has 0 spiro atoms. The van der Waals surface area contributed by atoms with Gasteiger partial charge in [0, 0.05) is 10.4 Å². The molecule has 152 valence electrons. The van der Waals surface area contributed by atoms with Crippen LogP contribution in [0.4, 0.5) is 0 Å². The van der Waals surface area contributed by atoms with E-state index < -0.39 is 0 Å². The maximum Gasteiger partial charge on any atom is 0.0409 e. The van der Waals surface area contributed by atoms with Crippen LogP contribution in [0.2, 0.25) is 5.02 Å². The first-order chi connectivity index (χ1) is 15.0. The van der Waals surface area contributed by atoms with Crippen molar-refractivity contribution in [1.82, 2.24) is 0 Å². The van der Waals surface area contributed by atoms with Crippen LogP contribution in [0.25, 0.3) is 33.4 Å². The molecule has 1 atom stereocenters. The molecule has 0 nitrogen and oxygen atoms in total. The van der Waals surface area contributed by atoms with Crippen molar-refractivity contribution in [3.8, 4) is 33.4 Å². The lowest BCUT2D eigenvalue weighted by Crippen LogP contribution is -2.17. The van der Waals surface area contributed by atoms with Crippen LogP contribution in [0.3, 0.4) is 0 Å². The summed E-state index contributed by atoms with van der Waals surface area (Å²) in [6, 6.07) is 28.8. The van der Waals surface area contributed by atoms with Crippen molar-refractivity contribution in [2.45, 2.75) is 38.5 Å². The van der Waals surface area contributed by atoms with Gasteiger partial charge in [0.25, 0.3) is 0 Å². The first-order valence-electron chi connectivity index (χ1n) is 11.1. The van der Waals surface area contributed by atoms with Gasteiger partial charge in [-0.25, -0.2) is 0 Å². The van der Waals surface area contributed by atoms with E-state index in [4.69, 9.17) is 11.6 Å². The summed E-state index contributed by atoms with van der Waals surface area (Å²) in [5.41, 5.74) is 13.8. The molecule has 6 rings (SSSR count). The van der Waals surface area contributed by atoms with E-state index in [9.17, 15) is 0 Å².